The third-order valence-corrected chi connectivity index (χ3v) is 12.4. The number of quaternary nitrogens is 1. The number of phosphoric ester groups is 1. The second-order valence-corrected chi connectivity index (χ2v) is 21.0. The van der Waals surface area contributed by atoms with Crippen LogP contribution in [-0.4, -0.2) is 74.9 Å². The highest BCUT2D eigenvalue weighted by Gasteiger charge is 2.27. The zero-order valence-electron chi connectivity index (χ0n) is 47.3. The van der Waals surface area contributed by atoms with Gasteiger partial charge in [0, 0.05) is 12.8 Å². The first kappa shape index (κ1) is 69.9. The number of carbonyl (C=O) groups excluding carboxylic acids is 2. The van der Waals surface area contributed by atoms with Crippen LogP contribution in [0.3, 0.4) is 0 Å². The van der Waals surface area contributed by atoms with Gasteiger partial charge < -0.3 is 18.9 Å². The zero-order valence-corrected chi connectivity index (χ0v) is 48.2. The molecule has 0 aliphatic carbocycles. The third-order valence-electron chi connectivity index (χ3n) is 11.4. The molecule has 0 aliphatic rings. The summed E-state index contributed by atoms with van der Waals surface area (Å²) in [6.07, 6.45) is 79.3. The third kappa shape index (κ3) is 57.2. The van der Waals surface area contributed by atoms with Gasteiger partial charge in [-0.2, -0.15) is 0 Å². The zero-order chi connectivity index (χ0) is 54.2. The summed E-state index contributed by atoms with van der Waals surface area (Å²) < 4.78 is 34.4. The number of unbranched alkanes of at least 4 members (excludes halogenated alkanes) is 12. The lowest BCUT2D eigenvalue weighted by Gasteiger charge is -2.24. The van der Waals surface area contributed by atoms with E-state index in [-0.39, 0.29) is 32.0 Å². The monoisotopic (exact) mass is 1050 g/mol. The van der Waals surface area contributed by atoms with E-state index >= 15 is 0 Å². The normalized spacial score (nSPS) is 14.4. The number of hydrogen-bond donors (Lipinski definition) is 1. The molecule has 0 aromatic carbocycles. The van der Waals surface area contributed by atoms with E-state index in [1.54, 1.807) is 0 Å². The van der Waals surface area contributed by atoms with Gasteiger partial charge in [-0.05, 0) is 103 Å². The van der Waals surface area contributed by atoms with Gasteiger partial charge in [0.05, 0.1) is 27.7 Å². The van der Waals surface area contributed by atoms with E-state index in [1.807, 2.05) is 21.1 Å². The average Bonchev–Trinajstić information content (AvgIpc) is 3.36. The Bertz CT molecular complexity index is 1760. The van der Waals surface area contributed by atoms with Gasteiger partial charge in [0.15, 0.2) is 6.10 Å². The summed E-state index contributed by atoms with van der Waals surface area (Å²) in [6.45, 7) is 4.23. The number of allylic oxidation sites excluding steroid dienone is 24. The predicted octanol–water partition coefficient (Wildman–Crippen LogP) is 17.9. The van der Waals surface area contributed by atoms with Gasteiger partial charge in [0.2, 0.25) is 0 Å². The molecular formula is C64H105NO8P+. The van der Waals surface area contributed by atoms with Gasteiger partial charge in [0.1, 0.15) is 19.8 Å². The van der Waals surface area contributed by atoms with Crippen LogP contribution in [0.2, 0.25) is 0 Å². The largest absolute Gasteiger partial charge is 0.472 e. The van der Waals surface area contributed by atoms with Crippen molar-refractivity contribution < 1.29 is 42.1 Å². The Morgan fingerprint density at radius 1 is 0.432 bits per heavy atom. The minimum Gasteiger partial charge on any atom is -0.462 e. The molecule has 9 nitrogen and oxygen atoms in total. The standard InChI is InChI=1S/C64H104NO8P/c1-6-8-10-12-14-16-18-19-20-21-22-23-24-25-26-27-28-29-30-31-32-33-34-35-36-37-38-39-40-41-42-43-44-45-47-49-51-53-55-57-64(67)73-62(61-72-74(68,69)71-59-58-65(3,4)5)60-70-63(66)56-54-52-50-48-46-17-15-13-11-9-7-2/h8,10,14,16,19-20,22-23,25-26,28-29,31-32,34-35,37-38,40-41,43-44,47,49,62H,6-7,9,11-13,15,17-18,21,24,27,30,33,36,39,42,45-46,48,50-61H2,1-5H3/p+1/b10-8-,16-14-,20-19-,23-22-,26-25-,29-28-,32-31-,35-34-,38-37-,41-40-,44-43-,49-47-. The number of carbonyl (C=O) groups is 2. The maximum Gasteiger partial charge on any atom is 0.472 e. The van der Waals surface area contributed by atoms with Crippen molar-refractivity contribution in [3.63, 3.8) is 0 Å². The van der Waals surface area contributed by atoms with Crippen molar-refractivity contribution in [1.82, 2.24) is 0 Å². The molecule has 74 heavy (non-hydrogen) atoms. The molecule has 1 N–H and O–H groups in total. The summed E-state index contributed by atoms with van der Waals surface area (Å²) in [7, 11) is 1.43. The van der Waals surface area contributed by atoms with E-state index in [1.165, 1.54) is 51.4 Å². The van der Waals surface area contributed by atoms with Crippen LogP contribution in [-0.2, 0) is 32.7 Å². The summed E-state index contributed by atoms with van der Waals surface area (Å²) in [5.74, 6) is -0.860. The number of esters is 2. The molecule has 0 bridgehead atoms. The Morgan fingerprint density at radius 2 is 0.770 bits per heavy atom. The molecule has 0 saturated heterocycles. The first-order valence-electron chi connectivity index (χ1n) is 28.6. The molecule has 0 aromatic rings. The van der Waals surface area contributed by atoms with Gasteiger partial charge in [-0.15, -0.1) is 0 Å². The van der Waals surface area contributed by atoms with E-state index < -0.39 is 26.5 Å². The first-order valence-corrected chi connectivity index (χ1v) is 30.1. The highest BCUT2D eigenvalue weighted by atomic mass is 31.2. The maximum atomic E-state index is 12.8. The van der Waals surface area contributed by atoms with Crippen LogP contribution in [0.4, 0.5) is 0 Å². The van der Waals surface area contributed by atoms with Crippen LogP contribution in [0, 0.1) is 0 Å². The molecule has 0 amide bonds. The lowest BCUT2D eigenvalue weighted by molar-refractivity contribution is -0.870. The minimum absolute atomic E-state index is 0.0164. The van der Waals surface area contributed by atoms with Crippen molar-refractivity contribution >= 4 is 19.8 Å². The molecule has 2 atom stereocenters. The highest BCUT2D eigenvalue weighted by molar-refractivity contribution is 7.47. The molecule has 0 rings (SSSR count). The second-order valence-electron chi connectivity index (χ2n) is 19.6. The van der Waals surface area contributed by atoms with Gasteiger partial charge in [0.25, 0.3) is 0 Å². The average molecular weight is 1050 g/mol. The molecule has 0 radical (unpaired) electrons. The summed E-state index contributed by atoms with van der Waals surface area (Å²) in [6, 6.07) is 0. The molecular weight excluding hydrogens is 942 g/mol. The number of likely N-dealkylation sites (N-methyl/N-ethyl adjacent to an activating group) is 1. The highest BCUT2D eigenvalue weighted by Crippen LogP contribution is 2.43. The van der Waals surface area contributed by atoms with Gasteiger partial charge in [-0.3, -0.25) is 18.6 Å². The lowest BCUT2D eigenvalue weighted by Crippen LogP contribution is -2.37. The smallest absolute Gasteiger partial charge is 0.462 e. The molecule has 0 aliphatic heterocycles. The minimum atomic E-state index is -4.40. The van der Waals surface area contributed by atoms with Crippen molar-refractivity contribution in [3.05, 3.63) is 146 Å². The Balaban J connectivity index is 4.22. The van der Waals surface area contributed by atoms with Crippen LogP contribution in [0.1, 0.15) is 194 Å². The number of hydrogen-bond acceptors (Lipinski definition) is 7. The van der Waals surface area contributed by atoms with Crippen molar-refractivity contribution in [1.29, 1.82) is 0 Å². The Morgan fingerprint density at radius 3 is 1.15 bits per heavy atom. The van der Waals surface area contributed by atoms with Crippen molar-refractivity contribution in [2.24, 2.45) is 0 Å². The Hall–Kier alpha value is -4.11. The summed E-state index contributed by atoms with van der Waals surface area (Å²) in [4.78, 5) is 35.5. The summed E-state index contributed by atoms with van der Waals surface area (Å²) in [5.41, 5.74) is 0. The molecule has 0 saturated carbocycles. The van der Waals surface area contributed by atoms with E-state index in [4.69, 9.17) is 18.5 Å². The molecule has 10 heteroatoms. The fourth-order valence-electron chi connectivity index (χ4n) is 6.99. The molecule has 0 aromatic heterocycles. The fourth-order valence-corrected chi connectivity index (χ4v) is 7.74. The van der Waals surface area contributed by atoms with Crippen LogP contribution >= 0.6 is 7.82 Å². The van der Waals surface area contributed by atoms with Crippen molar-refractivity contribution in [2.45, 2.75) is 200 Å². The fraction of sp³-hybridized carbons (Fsp3) is 0.594. The number of rotatable bonds is 50. The maximum absolute atomic E-state index is 12.8. The van der Waals surface area contributed by atoms with E-state index in [0.717, 1.165) is 109 Å². The first-order chi connectivity index (χ1) is 36.0. The Labute approximate surface area is 453 Å². The van der Waals surface area contributed by atoms with Crippen LogP contribution in [0.5, 0.6) is 0 Å². The number of phosphoric acid groups is 1. The summed E-state index contributed by atoms with van der Waals surface area (Å²) in [5, 5.41) is 0. The van der Waals surface area contributed by atoms with E-state index in [9.17, 15) is 19.0 Å². The van der Waals surface area contributed by atoms with E-state index in [0.29, 0.717) is 17.4 Å². The molecule has 418 valence electrons. The number of nitrogens with zero attached hydrogens (tertiary/aromatic N) is 1. The van der Waals surface area contributed by atoms with Crippen LogP contribution in [0.25, 0.3) is 0 Å². The summed E-state index contributed by atoms with van der Waals surface area (Å²) >= 11 is 0. The topological polar surface area (TPSA) is 108 Å². The SMILES string of the molecule is CC/C=C\C/C=C\C/C=C\C/C=C\C/C=C\C/C=C\C/C=C\C/C=C\C/C=C\C/C=C\C/C=C\C/C=C\CCCCC(=O)OC(COC(=O)CCCCCCCCCCCCC)COP(=O)(O)OCC[N+](C)(C)C. The van der Waals surface area contributed by atoms with Gasteiger partial charge >= 0.3 is 19.8 Å². The van der Waals surface area contributed by atoms with Crippen LogP contribution < -0.4 is 0 Å². The second kappa shape index (κ2) is 53.7. The number of ether oxygens (including phenoxy) is 2. The Kier molecular flexibility index (Phi) is 50.7. The van der Waals surface area contributed by atoms with Gasteiger partial charge in [-0.25, -0.2) is 4.57 Å². The molecule has 0 heterocycles. The quantitative estimate of drug-likeness (QED) is 0.0211. The van der Waals surface area contributed by atoms with Crippen molar-refractivity contribution in [2.75, 3.05) is 47.5 Å². The predicted molar refractivity (Wildman–Crippen MR) is 316 cm³/mol. The molecule has 2 unspecified atom stereocenters. The lowest BCUT2D eigenvalue weighted by atomic mass is 10.1. The van der Waals surface area contributed by atoms with Gasteiger partial charge in [-0.1, -0.05) is 224 Å². The molecule has 0 spiro atoms. The molecule has 0 fully saturated rings. The van der Waals surface area contributed by atoms with Crippen LogP contribution in [0.15, 0.2) is 146 Å². The van der Waals surface area contributed by atoms with E-state index in [2.05, 4.69) is 160 Å². The van der Waals surface area contributed by atoms with Crippen molar-refractivity contribution in [3.8, 4) is 0 Å².